The molecule has 2 heterocycles. The SMILES string of the molecule is c1ccc(-c2nc(-c3ccncc3)c(-c3cccc4ccccc34)[nH]2)cc1. The second kappa shape index (κ2) is 6.54. The van der Waals surface area contributed by atoms with Gasteiger partial charge in [0.05, 0.1) is 11.4 Å². The van der Waals surface area contributed by atoms with Crippen LogP contribution in [0.1, 0.15) is 0 Å². The van der Waals surface area contributed by atoms with E-state index in [2.05, 4.69) is 64.6 Å². The first kappa shape index (κ1) is 15.5. The summed E-state index contributed by atoms with van der Waals surface area (Å²) in [6.45, 7) is 0. The molecule has 5 aromatic rings. The Bertz CT molecular complexity index is 1200. The van der Waals surface area contributed by atoms with Crippen LogP contribution in [0.15, 0.2) is 97.3 Å². The van der Waals surface area contributed by atoms with Crippen LogP contribution in [-0.2, 0) is 0 Å². The van der Waals surface area contributed by atoms with Gasteiger partial charge in [0, 0.05) is 29.1 Å². The number of H-pyrrole nitrogens is 1. The molecular formula is C24H17N3. The molecule has 0 radical (unpaired) electrons. The van der Waals surface area contributed by atoms with Crippen molar-refractivity contribution < 1.29 is 0 Å². The molecule has 27 heavy (non-hydrogen) atoms. The van der Waals surface area contributed by atoms with Crippen LogP contribution in [0, 0.1) is 0 Å². The van der Waals surface area contributed by atoms with Crippen molar-refractivity contribution in [2.45, 2.75) is 0 Å². The summed E-state index contributed by atoms with van der Waals surface area (Å²) in [5, 5.41) is 2.42. The van der Waals surface area contributed by atoms with Crippen molar-refractivity contribution >= 4 is 10.8 Å². The van der Waals surface area contributed by atoms with Crippen LogP contribution in [0.5, 0.6) is 0 Å². The van der Waals surface area contributed by atoms with Gasteiger partial charge in [-0.25, -0.2) is 4.98 Å². The number of fused-ring (bicyclic) bond motifs is 1. The molecule has 5 rings (SSSR count). The second-order valence-corrected chi connectivity index (χ2v) is 6.44. The smallest absolute Gasteiger partial charge is 0.138 e. The molecule has 0 spiro atoms. The zero-order valence-corrected chi connectivity index (χ0v) is 14.6. The molecular weight excluding hydrogens is 330 g/mol. The van der Waals surface area contributed by atoms with Crippen molar-refractivity contribution in [1.82, 2.24) is 15.0 Å². The minimum atomic E-state index is 0.866. The van der Waals surface area contributed by atoms with Crippen molar-refractivity contribution in [3.63, 3.8) is 0 Å². The van der Waals surface area contributed by atoms with Crippen LogP contribution in [0.3, 0.4) is 0 Å². The number of aromatic amines is 1. The molecule has 3 nitrogen and oxygen atoms in total. The highest BCUT2D eigenvalue weighted by Crippen LogP contribution is 2.36. The van der Waals surface area contributed by atoms with Gasteiger partial charge in [-0.15, -0.1) is 0 Å². The summed E-state index contributed by atoms with van der Waals surface area (Å²) in [7, 11) is 0. The Labute approximate surface area is 157 Å². The van der Waals surface area contributed by atoms with Crippen LogP contribution in [-0.4, -0.2) is 15.0 Å². The Hall–Kier alpha value is -3.72. The Morgan fingerprint density at radius 1 is 0.630 bits per heavy atom. The Kier molecular flexibility index (Phi) is 3.76. The molecule has 2 aromatic heterocycles. The van der Waals surface area contributed by atoms with Crippen LogP contribution in [0.25, 0.3) is 44.7 Å². The average molecular weight is 347 g/mol. The highest BCUT2D eigenvalue weighted by atomic mass is 14.9. The van der Waals surface area contributed by atoms with Crippen LogP contribution in [0.4, 0.5) is 0 Å². The first-order valence-electron chi connectivity index (χ1n) is 8.94. The molecule has 0 aliphatic heterocycles. The maximum atomic E-state index is 4.95. The third kappa shape index (κ3) is 2.79. The number of rotatable bonds is 3. The number of nitrogens with zero attached hydrogens (tertiary/aromatic N) is 2. The molecule has 0 unspecified atom stereocenters. The van der Waals surface area contributed by atoms with E-state index >= 15 is 0 Å². The summed E-state index contributed by atoms with van der Waals surface area (Å²) in [4.78, 5) is 12.7. The normalized spacial score (nSPS) is 11.0. The van der Waals surface area contributed by atoms with Gasteiger partial charge in [-0.2, -0.15) is 0 Å². The first-order valence-corrected chi connectivity index (χ1v) is 8.94. The number of pyridine rings is 1. The summed E-state index contributed by atoms with van der Waals surface area (Å²) in [6, 6.07) is 29.0. The van der Waals surface area contributed by atoms with Gasteiger partial charge >= 0.3 is 0 Å². The fraction of sp³-hybridized carbons (Fsp3) is 0. The van der Waals surface area contributed by atoms with Gasteiger partial charge in [0.15, 0.2) is 0 Å². The van der Waals surface area contributed by atoms with E-state index in [0.717, 1.165) is 33.9 Å². The molecule has 0 amide bonds. The van der Waals surface area contributed by atoms with Gasteiger partial charge < -0.3 is 4.98 Å². The van der Waals surface area contributed by atoms with Gasteiger partial charge in [0.2, 0.25) is 0 Å². The van der Waals surface area contributed by atoms with Gasteiger partial charge in [-0.3, -0.25) is 4.98 Å². The lowest BCUT2D eigenvalue weighted by atomic mass is 9.99. The second-order valence-electron chi connectivity index (χ2n) is 6.44. The third-order valence-corrected chi connectivity index (χ3v) is 4.76. The highest BCUT2D eigenvalue weighted by Gasteiger charge is 2.16. The molecule has 0 bridgehead atoms. The third-order valence-electron chi connectivity index (χ3n) is 4.76. The maximum absolute atomic E-state index is 4.95. The van der Waals surface area contributed by atoms with Gasteiger partial charge in [-0.05, 0) is 22.9 Å². The minimum absolute atomic E-state index is 0.866. The zero-order chi connectivity index (χ0) is 18.1. The molecule has 1 N–H and O–H groups in total. The van der Waals surface area contributed by atoms with Crippen molar-refractivity contribution in [1.29, 1.82) is 0 Å². The van der Waals surface area contributed by atoms with Crippen molar-refractivity contribution in [3.05, 3.63) is 97.3 Å². The molecule has 0 saturated carbocycles. The molecule has 3 aromatic carbocycles. The monoisotopic (exact) mass is 347 g/mol. The van der Waals surface area contributed by atoms with E-state index in [1.54, 1.807) is 12.4 Å². The zero-order valence-electron chi connectivity index (χ0n) is 14.6. The first-order chi connectivity index (χ1) is 13.4. The van der Waals surface area contributed by atoms with Gasteiger partial charge in [0.25, 0.3) is 0 Å². The lowest BCUT2D eigenvalue weighted by molar-refractivity contribution is 1.30. The van der Waals surface area contributed by atoms with Crippen molar-refractivity contribution in [2.75, 3.05) is 0 Å². The predicted octanol–water partition coefficient (Wildman–Crippen LogP) is 5.96. The number of hydrogen-bond donors (Lipinski definition) is 1. The van der Waals surface area contributed by atoms with E-state index in [1.807, 2.05) is 30.3 Å². The molecule has 128 valence electrons. The molecule has 0 atom stereocenters. The molecule has 0 saturated heterocycles. The van der Waals surface area contributed by atoms with Crippen molar-refractivity contribution in [3.8, 4) is 33.9 Å². The van der Waals surface area contributed by atoms with Crippen molar-refractivity contribution in [2.24, 2.45) is 0 Å². The topological polar surface area (TPSA) is 41.6 Å². The average Bonchev–Trinajstić information content (AvgIpc) is 3.20. The predicted molar refractivity (Wildman–Crippen MR) is 110 cm³/mol. The maximum Gasteiger partial charge on any atom is 0.138 e. The lowest BCUT2D eigenvalue weighted by Gasteiger charge is -2.07. The van der Waals surface area contributed by atoms with E-state index < -0.39 is 0 Å². The largest absolute Gasteiger partial charge is 0.337 e. The lowest BCUT2D eigenvalue weighted by Crippen LogP contribution is -1.86. The van der Waals surface area contributed by atoms with E-state index in [0.29, 0.717) is 0 Å². The van der Waals surface area contributed by atoms with Gasteiger partial charge in [-0.1, -0.05) is 72.8 Å². The fourth-order valence-corrected chi connectivity index (χ4v) is 3.46. The summed E-state index contributed by atoms with van der Waals surface area (Å²) >= 11 is 0. The quantitative estimate of drug-likeness (QED) is 0.437. The number of hydrogen-bond acceptors (Lipinski definition) is 2. The number of nitrogens with one attached hydrogen (secondary N) is 1. The Morgan fingerprint density at radius 3 is 2.22 bits per heavy atom. The molecule has 0 aliphatic carbocycles. The Morgan fingerprint density at radius 2 is 1.37 bits per heavy atom. The standard InChI is InChI=1S/C24H17N3/c1-2-8-19(9-3-1)24-26-22(18-13-15-25-16-14-18)23(27-24)21-12-6-10-17-7-4-5-11-20(17)21/h1-16H,(H,26,27). The molecule has 0 aliphatic rings. The summed E-state index contributed by atoms with van der Waals surface area (Å²) in [5.41, 5.74) is 5.23. The van der Waals surface area contributed by atoms with E-state index in [9.17, 15) is 0 Å². The molecule has 0 fully saturated rings. The van der Waals surface area contributed by atoms with E-state index in [-0.39, 0.29) is 0 Å². The van der Waals surface area contributed by atoms with E-state index in [1.165, 1.54) is 10.8 Å². The van der Waals surface area contributed by atoms with Crippen LogP contribution < -0.4 is 0 Å². The number of benzene rings is 3. The van der Waals surface area contributed by atoms with Crippen LogP contribution in [0.2, 0.25) is 0 Å². The van der Waals surface area contributed by atoms with Gasteiger partial charge in [0.1, 0.15) is 5.82 Å². The van der Waals surface area contributed by atoms with Crippen LogP contribution >= 0.6 is 0 Å². The summed E-state index contributed by atoms with van der Waals surface area (Å²) in [5.74, 6) is 0.866. The van der Waals surface area contributed by atoms with E-state index in [4.69, 9.17) is 4.98 Å². The minimum Gasteiger partial charge on any atom is -0.337 e. The highest BCUT2D eigenvalue weighted by molar-refractivity contribution is 5.99. The fourth-order valence-electron chi connectivity index (χ4n) is 3.46. The Balaban J connectivity index is 1.79. The molecule has 3 heteroatoms. The number of aromatic nitrogens is 3. The number of imidazole rings is 1. The summed E-state index contributed by atoms with van der Waals surface area (Å²) < 4.78 is 0. The summed E-state index contributed by atoms with van der Waals surface area (Å²) in [6.07, 6.45) is 3.61.